The van der Waals surface area contributed by atoms with Crippen molar-refractivity contribution in [2.75, 3.05) is 6.54 Å². The van der Waals surface area contributed by atoms with E-state index in [0.717, 1.165) is 34.1 Å². The minimum Gasteiger partial charge on any atom is -0.330 e. The van der Waals surface area contributed by atoms with Gasteiger partial charge in [0.05, 0.1) is 5.75 Å². The van der Waals surface area contributed by atoms with Crippen molar-refractivity contribution in [3.63, 3.8) is 0 Å². The second-order valence-electron chi connectivity index (χ2n) is 4.57. The first kappa shape index (κ1) is 14.9. The first-order chi connectivity index (χ1) is 9.60. The lowest BCUT2D eigenvalue weighted by Gasteiger charge is -2.10. The zero-order valence-electron chi connectivity index (χ0n) is 11.7. The maximum atomic E-state index is 12.8. The summed E-state index contributed by atoms with van der Waals surface area (Å²) < 4.78 is 12.8. The van der Waals surface area contributed by atoms with Gasteiger partial charge in [-0.25, -0.2) is 14.4 Å². The van der Waals surface area contributed by atoms with E-state index in [2.05, 4.69) is 9.97 Å². The van der Waals surface area contributed by atoms with E-state index in [1.165, 1.54) is 12.1 Å². The van der Waals surface area contributed by atoms with Gasteiger partial charge in [-0.3, -0.25) is 0 Å². The maximum absolute atomic E-state index is 12.8. The fraction of sp³-hybridized carbons (Fsp3) is 0.333. The van der Waals surface area contributed by atoms with Crippen LogP contribution in [0.5, 0.6) is 0 Å². The minimum absolute atomic E-state index is 0.219. The van der Waals surface area contributed by atoms with Gasteiger partial charge in [-0.05, 0) is 56.6 Å². The zero-order chi connectivity index (χ0) is 14.5. The highest BCUT2D eigenvalue weighted by Crippen LogP contribution is 2.22. The SMILES string of the molecule is Cc1nc(CSc2ccc(F)cc2)nc(C)c1CCN. The third-order valence-corrected chi connectivity index (χ3v) is 4.05. The van der Waals surface area contributed by atoms with Gasteiger partial charge in [-0.1, -0.05) is 0 Å². The Morgan fingerprint density at radius 3 is 2.25 bits per heavy atom. The summed E-state index contributed by atoms with van der Waals surface area (Å²) in [6.45, 7) is 4.59. The van der Waals surface area contributed by atoms with E-state index in [1.807, 2.05) is 13.8 Å². The average molecular weight is 291 g/mol. The molecule has 0 saturated heterocycles. The third-order valence-electron chi connectivity index (χ3n) is 3.04. The van der Waals surface area contributed by atoms with E-state index in [1.54, 1.807) is 23.9 Å². The first-order valence-corrected chi connectivity index (χ1v) is 7.50. The minimum atomic E-state index is -0.219. The quantitative estimate of drug-likeness (QED) is 0.860. The van der Waals surface area contributed by atoms with Gasteiger partial charge in [-0.15, -0.1) is 11.8 Å². The molecule has 1 heterocycles. The number of aromatic nitrogens is 2. The second-order valence-corrected chi connectivity index (χ2v) is 5.62. The maximum Gasteiger partial charge on any atom is 0.139 e. The number of hydrogen-bond donors (Lipinski definition) is 1. The number of benzene rings is 1. The molecule has 0 aliphatic carbocycles. The van der Waals surface area contributed by atoms with Crippen LogP contribution >= 0.6 is 11.8 Å². The van der Waals surface area contributed by atoms with Crippen LogP contribution in [0.1, 0.15) is 22.8 Å². The highest BCUT2D eigenvalue weighted by atomic mass is 32.2. The summed E-state index contributed by atoms with van der Waals surface area (Å²) in [5.74, 6) is 1.26. The largest absolute Gasteiger partial charge is 0.330 e. The molecule has 0 atom stereocenters. The third kappa shape index (κ3) is 3.77. The standard InChI is InChI=1S/C15H18FN3S/c1-10-14(7-8-17)11(2)19-15(18-10)9-20-13-5-3-12(16)4-6-13/h3-6H,7-9,17H2,1-2H3. The summed E-state index contributed by atoms with van der Waals surface area (Å²) in [4.78, 5) is 10.1. The van der Waals surface area contributed by atoms with Crippen molar-refractivity contribution in [3.8, 4) is 0 Å². The van der Waals surface area contributed by atoms with E-state index >= 15 is 0 Å². The Kier molecular flexibility index (Phi) is 5.09. The highest BCUT2D eigenvalue weighted by Gasteiger charge is 2.08. The number of thioether (sulfide) groups is 1. The Morgan fingerprint density at radius 2 is 1.70 bits per heavy atom. The molecular formula is C15H18FN3S. The van der Waals surface area contributed by atoms with Crippen molar-refractivity contribution < 1.29 is 4.39 Å². The van der Waals surface area contributed by atoms with E-state index in [0.29, 0.717) is 12.3 Å². The molecule has 0 aliphatic rings. The molecule has 2 rings (SSSR count). The second kappa shape index (κ2) is 6.81. The summed E-state index contributed by atoms with van der Waals surface area (Å²) in [5.41, 5.74) is 8.73. The monoisotopic (exact) mass is 291 g/mol. The molecule has 0 aliphatic heterocycles. The van der Waals surface area contributed by atoms with E-state index in [9.17, 15) is 4.39 Å². The Morgan fingerprint density at radius 1 is 1.10 bits per heavy atom. The van der Waals surface area contributed by atoms with Gasteiger partial charge in [0.2, 0.25) is 0 Å². The van der Waals surface area contributed by atoms with E-state index in [4.69, 9.17) is 5.73 Å². The van der Waals surface area contributed by atoms with Crippen LogP contribution in [0.25, 0.3) is 0 Å². The van der Waals surface area contributed by atoms with Crippen LogP contribution in [-0.4, -0.2) is 16.5 Å². The fourth-order valence-electron chi connectivity index (χ4n) is 2.06. The molecular weight excluding hydrogens is 273 g/mol. The van der Waals surface area contributed by atoms with Crippen molar-refractivity contribution in [1.82, 2.24) is 9.97 Å². The van der Waals surface area contributed by atoms with Gasteiger partial charge < -0.3 is 5.73 Å². The molecule has 0 fully saturated rings. The number of hydrogen-bond acceptors (Lipinski definition) is 4. The number of nitrogens with two attached hydrogens (primary N) is 1. The molecule has 3 nitrogen and oxygen atoms in total. The van der Waals surface area contributed by atoms with Gasteiger partial charge in [0, 0.05) is 16.3 Å². The summed E-state index contributed by atoms with van der Waals surface area (Å²) in [6, 6.07) is 6.46. The highest BCUT2D eigenvalue weighted by molar-refractivity contribution is 7.98. The van der Waals surface area contributed by atoms with Gasteiger partial charge in [0.15, 0.2) is 0 Å². The molecule has 0 spiro atoms. The number of aryl methyl sites for hydroxylation is 2. The van der Waals surface area contributed by atoms with Gasteiger partial charge >= 0.3 is 0 Å². The number of halogens is 1. The van der Waals surface area contributed by atoms with Gasteiger partial charge in [0.1, 0.15) is 11.6 Å². The molecule has 0 saturated carbocycles. The van der Waals surface area contributed by atoms with Gasteiger partial charge in [0.25, 0.3) is 0 Å². The summed E-state index contributed by atoms with van der Waals surface area (Å²) in [5, 5.41) is 0. The van der Waals surface area contributed by atoms with Crippen molar-refractivity contribution in [1.29, 1.82) is 0 Å². The fourth-order valence-corrected chi connectivity index (χ4v) is 2.81. The lowest BCUT2D eigenvalue weighted by atomic mass is 10.1. The number of rotatable bonds is 5. The molecule has 2 N–H and O–H groups in total. The summed E-state index contributed by atoms with van der Waals surface area (Å²) >= 11 is 1.60. The normalized spacial score (nSPS) is 10.8. The average Bonchev–Trinajstić information content (AvgIpc) is 2.42. The molecule has 106 valence electrons. The first-order valence-electron chi connectivity index (χ1n) is 6.51. The molecule has 5 heteroatoms. The molecule has 0 radical (unpaired) electrons. The topological polar surface area (TPSA) is 51.8 Å². The van der Waals surface area contributed by atoms with Crippen molar-refractivity contribution in [2.24, 2.45) is 5.73 Å². The summed E-state index contributed by atoms with van der Waals surface area (Å²) in [6.07, 6.45) is 0.809. The number of nitrogens with zero attached hydrogens (tertiary/aromatic N) is 2. The molecule has 20 heavy (non-hydrogen) atoms. The van der Waals surface area contributed by atoms with E-state index in [-0.39, 0.29) is 5.82 Å². The predicted octanol–water partition coefficient (Wildman–Crippen LogP) is 3.03. The zero-order valence-corrected chi connectivity index (χ0v) is 12.5. The molecule has 0 amide bonds. The lowest BCUT2D eigenvalue weighted by molar-refractivity contribution is 0.626. The lowest BCUT2D eigenvalue weighted by Crippen LogP contribution is -2.10. The van der Waals surface area contributed by atoms with Crippen molar-refractivity contribution in [3.05, 3.63) is 52.9 Å². The van der Waals surface area contributed by atoms with Crippen LogP contribution in [0, 0.1) is 19.7 Å². The predicted molar refractivity (Wildman–Crippen MR) is 80.2 cm³/mol. The van der Waals surface area contributed by atoms with Crippen LogP contribution < -0.4 is 5.73 Å². The van der Waals surface area contributed by atoms with Gasteiger partial charge in [-0.2, -0.15) is 0 Å². The van der Waals surface area contributed by atoms with Crippen LogP contribution in [0.2, 0.25) is 0 Å². The Labute approximate surface area is 122 Å². The molecule has 2 aromatic rings. The molecule has 0 bridgehead atoms. The molecule has 0 unspecified atom stereocenters. The van der Waals surface area contributed by atoms with Crippen LogP contribution in [0.15, 0.2) is 29.2 Å². The van der Waals surface area contributed by atoms with Crippen molar-refractivity contribution in [2.45, 2.75) is 30.9 Å². The van der Waals surface area contributed by atoms with Crippen LogP contribution in [-0.2, 0) is 12.2 Å². The van der Waals surface area contributed by atoms with E-state index < -0.39 is 0 Å². The van der Waals surface area contributed by atoms with Crippen LogP contribution in [0.3, 0.4) is 0 Å². The smallest absolute Gasteiger partial charge is 0.139 e. The summed E-state index contributed by atoms with van der Waals surface area (Å²) in [7, 11) is 0. The Bertz CT molecular complexity index is 561. The molecule has 1 aromatic carbocycles. The van der Waals surface area contributed by atoms with Crippen LogP contribution in [0.4, 0.5) is 4.39 Å². The Hall–Kier alpha value is -1.46. The molecule has 1 aromatic heterocycles. The Balaban J connectivity index is 2.08. The van der Waals surface area contributed by atoms with Crippen molar-refractivity contribution >= 4 is 11.8 Å².